The second kappa shape index (κ2) is 5.59. The molecule has 1 aromatic rings. The summed E-state index contributed by atoms with van der Waals surface area (Å²) in [6, 6.07) is -0.0484. The molecular formula is C14H23N3OS. The van der Waals surface area contributed by atoms with Crippen molar-refractivity contribution < 1.29 is 4.79 Å². The molecule has 4 nitrogen and oxygen atoms in total. The highest BCUT2D eigenvalue weighted by Crippen LogP contribution is 2.28. The number of amides is 1. The molecule has 0 radical (unpaired) electrons. The van der Waals surface area contributed by atoms with Crippen LogP contribution in [0.15, 0.2) is 5.38 Å². The number of rotatable bonds is 4. The molecule has 1 heterocycles. The Hall–Kier alpha value is -0.940. The molecule has 0 bridgehead atoms. The minimum absolute atomic E-state index is 0.0124. The van der Waals surface area contributed by atoms with E-state index in [0.717, 1.165) is 23.5 Å². The molecular weight excluding hydrogens is 258 g/mol. The Morgan fingerprint density at radius 1 is 1.47 bits per heavy atom. The summed E-state index contributed by atoms with van der Waals surface area (Å²) in [5, 5.41) is 6.37. The molecule has 1 unspecified atom stereocenters. The average Bonchev–Trinajstić information content (AvgIpc) is 2.95. The van der Waals surface area contributed by atoms with Crippen molar-refractivity contribution in [3.05, 3.63) is 16.1 Å². The van der Waals surface area contributed by atoms with Crippen LogP contribution in [0.5, 0.6) is 0 Å². The van der Waals surface area contributed by atoms with Gasteiger partial charge in [0.2, 0.25) is 5.91 Å². The molecule has 1 atom stereocenters. The lowest BCUT2D eigenvalue weighted by Crippen LogP contribution is -2.39. The average molecular weight is 281 g/mol. The van der Waals surface area contributed by atoms with Crippen molar-refractivity contribution >= 4 is 17.2 Å². The largest absolute Gasteiger partial charge is 0.368 e. The smallest absolute Gasteiger partial charge is 0.240 e. The second-order valence-corrected chi connectivity index (χ2v) is 7.17. The number of hydrogen-bond donors (Lipinski definition) is 2. The molecule has 0 spiro atoms. The summed E-state index contributed by atoms with van der Waals surface area (Å²) in [7, 11) is 0. The summed E-state index contributed by atoms with van der Waals surface area (Å²) in [5.41, 5.74) is 6.31. The van der Waals surface area contributed by atoms with Crippen molar-refractivity contribution in [1.82, 2.24) is 10.3 Å². The van der Waals surface area contributed by atoms with Gasteiger partial charge >= 0.3 is 0 Å². The zero-order valence-corrected chi connectivity index (χ0v) is 12.7. The second-order valence-electron chi connectivity index (χ2n) is 6.31. The lowest BCUT2D eigenvalue weighted by atomic mass is 9.98. The van der Waals surface area contributed by atoms with Crippen molar-refractivity contribution in [3.63, 3.8) is 0 Å². The Labute approximate surface area is 118 Å². The zero-order valence-electron chi connectivity index (χ0n) is 11.9. The van der Waals surface area contributed by atoms with Crippen molar-refractivity contribution in [3.8, 4) is 0 Å². The lowest BCUT2D eigenvalue weighted by molar-refractivity contribution is -0.120. The van der Waals surface area contributed by atoms with Crippen LogP contribution < -0.4 is 11.1 Å². The molecule has 0 aromatic carbocycles. The van der Waals surface area contributed by atoms with E-state index >= 15 is 0 Å². The molecule has 19 heavy (non-hydrogen) atoms. The van der Waals surface area contributed by atoms with E-state index in [9.17, 15) is 4.79 Å². The summed E-state index contributed by atoms with van der Waals surface area (Å²) in [6.45, 7) is 6.37. The van der Waals surface area contributed by atoms with E-state index in [2.05, 4.69) is 31.1 Å². The summed E-state index contributed by atoms with van der Waals surface area (Å²) in [5.74, 6) is -0.336. The van der Waals surface area contributed by atoms with Crippen LogP contribution in [-0.2, 0) is 10.2 Å². The van der Waals surface area contributed by atoms with Gasteiger partial charge in [0.1, 0.15) is 6.04 Å². The third-order valence-electron chi connectivity index (χ3n) is 3.50. The lowest BCUT2D eigenvalue weighted by Gasteiger charge is -2.19. The molecule has 1 fully saturated rings. The van der Waals surface area contributed by atoms with E-state index in [1.165, 1.54) is 12.8 Å². The van der Waals surface area contributed by atoms with Crippen LogP contribution in [-0.4, -0.2) is 16.9 Å². The first-order valence-electron chi connectivity index (χ1n) is 6.89. The third-order valence-corrected chi connectivity index (χ3v) is 4.79. The maximum atomic E-state index is 11.7. The van der Waals surface area contributed by atoms with Gasteiger partial charge in [0.15, 0.2) is 0 Å². The van der Waals surface area contributed by atoms with E-state index in [-0.39, 0.29) is 11.3 Å². The van der Waals surface area contributed by atoms with Crippen molar-refractivity contribution in [2.24, 2.45) is 5.73 Å². The van der Waals surface area contributed by atoms with Crippen molar-refractivity contribution in [2.75, 3.05) is 0 Å². The fourth-order valence-corrected chi connectivity index (χ4v) is 3.34. The highest BCUT2D eigenvalue weighted by atomic mass is 32.1. The molecule has 106 valence electrons. The Balaban J connectivity index is 2.14. The Morgan fingerprint density at radius 3 is 2.58 bits per heavy atom. The van der Waals surface area contributed by atoms with Gasteiger partial charge in [-0.2, -0.15) is 0 Å². The van der Waals surface area contributed by atoms with E-state index in [4.69, 9.17) is 5.73 Å². The van der Waals surface area contributed by atoms with Crippen LogP contribution in [0.1, 0.15) is 63.2 Å². The zero-order chi connectivity index (χ0) is 14.0. The topological polar surface area (TPSA) is 68.0 Å². The van der Waals surface area contributed by atoms with Crippen molar-refractivity contribution in [1.29, 1.82) is 0 Å². The number of hydrogen-bond acceptors (Lipinski definition) is 4. The molecule has 5 heteroatoms. The summed E-state index contributed by atoms with van der Waals surface area (Å²) in [4.78, 5) is 16.3. The predicted molar refractivity (Wildman–Crippen MR) is 78.1 cm³/mol. The van der Waals surface area contributed by atoms with Gasteiger partial charge in [-0.1, -0.05) is 33.6 Å². The first-order valence-corrected chi connectivity index (χ1v) is 7.77. The SMILES string of the molecule is CC(C)(C)c1nc(C(NC2CCCC2)C(N)=O)cs1. The first kappa shape index (κ1) is 14.5. The summed E-state index contributed by atoms with van der Waals surface area (Å²) in [6.07, 6.45) is 4.71. The highest BCUT2D eigenvalue weighted by molar-refractivity contribution is 7.09. The highest BCUT2D eigenvalue weighted by Gasteiger charge is 2.27. The molecule has 3 N–H and O–H groups in total. The molecule has 1 saturated carbocycles. The van der Waals surface area contributed by atoms with Crippen LogP contribution >= 0.6 is 11.3 Å². The van der Waals surface area contributed by atoms with E-state index in [0.29, 0.717) is 6.04 Å². The number of carbonyl (C=O) groups excluding carboxylic acids is 1. The summed E-state index contributed by atoms with van der Waals surface area (Å²) >= 11 is 1.60. The number of nitrogens with one attached hydrogen (secondary N) is 1. The summed E-state index contributed by atoms with van der Waals surface area (Å²) < 4.78 is 0. The van der Waals surface area contributed by atoms with Crippen molar-refractivity contribution in [2.45, 2.75) is 64.0 Å². The van der Waals surface area contributed by atoms with Crippen LogP contribution in [0.25, 0.3) is 0 Å². The van der Waals surface area contributed by atoms with Gasteiger partial charge in [-0.15, -0.1) is 11.3 Å². The minimum atomic E-state index is -0.449. The fourth-order valence-electron chi connectivity index (χ4n) is 2.40. The number of nitrogens with zero attached hydrogens (tertiary/aromatic N) is 1. The number of primary amides is 1. The van der Waals surface area contributed by atoms with Gasteiger partial charge in [-0.25, -0.2) is 4.98 Å². The van der Waals surface area contributed by atoms with Gasteiger partial charge in [0.25, 0.3) is 0 Å². The molecule has 0 aliphatic heterocycles. The Bertz CT molecular complexity index is 444. The van der Waals surface area contributed by atoms with Gasteiger partial charge in [-0.05, 0) is 12.8 Å². The number of nitrogens with two attached hydrogens (primary N) is 1. The third kappa shape index (κ3) is 3.54. The van der Waals surface area contributed by atoms with E-state index in [1.54, 1.807) is 11.3 Å². The maximum absolute atomic E-state index is 11.7. The van der Waals surface area contributed by atoms with Crippen LogP contribution in [0.2, 0.25) is 0 Å². The van der Waals surface area contributed by atoms with Gasteiger partial charge in [-0.3, -0.25) is 10.1 Å². The van der Waals surface area contributed by atoms with Crippen LogP contribution in [0.3, 0.4) is 0 Å². The van der Waals surface area contributed by atoms with Crippen LogP contribution in [0, 0.1) is 0 Å². The van der Waals surface area contributed by atoms with E-state index in [1.807, 2.05) is 5.38 Å². The quantitative estimate of drug-likeness (QED) is 0.891. The monoisotopic (exact) mass is 281 g/mol. The Kier molecular flexibility index (Phi) is 4.26. The molecule has 1 aliphatic carbocycles. The van der Waals surface area contributed by atoms with Gasteiger partial charge in [0, 0.05) is 16.8 Å². The Morgan fingerprint density at radius 2 is 2.11 bits per heavy atom. The predicted octanol–water partition coefficient (Wildman–Crippen LogP) is 2.50. The molecule has 1 aliphatic rings. The van der Waals surface area contributed by atoms with Gasteiger partial charge < -0.3 is 5.73 Å². The molecule has 2 rings (SSSR count). The van der Waals surface area contributed by atoms with E-state index < -0.39 is 6.04 Å². The van der Waals surface area contributed by atoms with Gasteiger partial charge in [0.05, 0.1) is 10.7 Å². The molecule has 1 amide bonds. The molecule has 1 aromatic heterocycles. The van der Waals surface area contributed by atoms with Crippen LogP contribution in [0.4, 0.5) is 0 Å². The minimum Gasteiger partial charge on any atom is -0.368 e. The number of thiazole rings is 1. The molecule has 0 saturated heterocycles. The maximum Gasteiger partial charge on any atom is 0.240 e. The standard InChI is InChI=1S/C14H23N3OS/c1-14(2,3)13-17-10(8-19-13)11(12(15)18)16-9-6-4-5-7-9/h8-9,11,16H,4-7H2,1-3H3,(H2,15,18). The number of aromatic nitrogens is 1. The fraction of sp³-hybridized carbons (Fsp3) is 0.714. The number of carbonyl (C=O) groups is 1. The normalized spacial score (nSPS) is 18.7. The first-order chi connectivity index (χ1) is 8.88.